The van der Waals surface area contributed by atoms with E-state index in [4.69, 9.17) is 4.84 Å². The van der Waals surface area contributed by atoms with E-state index in [1.54, 1.807) is 13.1 Å². The van der Waals surface area contributed by atoms with Gasteiger partial charge in [-0.15, -0.1) is 0 Å². The molecule has 0 aliphatic heterocycles. The zero-order valence-electron chi connectivity index (χ0n) is 10.5. The van der Waals surface area contributed by atoms with Crippen molar-refractivity contribution in [2.45, 2.75) is 38.8 Å². The molecule has 0 spiro atoms. The molecule has 0 N–H and O–H groups in total. The Hall–Kier alpha value is -1.14. The van der Waals surface area contributed by atoms with E-state index in [0.717, 1.165) is 0 Å². The second-order valence-electron chi connectivity index (χ2n) is 3.71. The molecule has 0 bridgehead atoms. The lowest BCUT2D eigenvalue weighted by molar-refractivity contribution is 0.0873. The van der Waals surface area contributed by atoms with Crippen LogP contribution in [0.2, 0.25) is 0 Å². The van der Waals surface area contributed by atoms with Gasteiger partial charge < -0.3 is 9.39 Å². The van der Waals surface area contributed by atoms with E-state index in [1.807, 2.05) is 20.8 Å². The van der Waals surface area contributed by atoms with Crippen molar-refractivity contribution in [3.05, 3.63) is 17.6 Å². The predicted molar refractivity (Wildman–Crippen MR) is 67.5 cm³/mol. The third-order valence-corrected chi connectivity index (χ3v) is 3.21. The summed E-state index contributed by atoms with van der Waals surface area (Å²) in [6.07, 6.45) is 3.08. The molecule has 0 aliphatic rings. The molecule has 17 heavy (non-hydrogen) atoms. The molecular weight excluding hydrogens is 238 g/mol. The quantitative estimate of drug-likeness (QED) is 0.456. The second-order valence-corrected chi connectivity index (χ2v) is 5.36. The van der Waals surface area contributed by atoms with Crippen molar-refractivity contribution >= 4 is 17.4 Å². The molecule has 0 saturated carbocycles. The zero-order valence-corrected chi connectivity index (χ0v) is 11.3. The first-order valence-corrected chi connectivity index (χ1v) is 6.77. The molecule has 0 aliphatic carbocycles. The summed E-state index contributed by atoms with van der Waals surface area (Å²) in [6.45, 7) is 7.41. The van der Waals surface area contributed by atoms with Crippen molar-refractivity contribution in [3.63, 3.8) is 0 Å². The SMILES string of the molecule is CC[S+]([O-])c1nc(/C=N/OC(C)C)cnc1C. The summed E-state index contributed by atoms with van der Waals surface area (Å²) in [5.41, 5.74) is 1.24. The van der Waals surface area contributed by atoms with Crippen LogP contribution in [-0.2, 0) is 16.0 Å². The molecular formula is C11H17N3O2S. The van der Waals surface area contributed by atoms with E-state index >= 15 is 0 Å². The first-order valence-electron chi connectivity index (χ1n) is 5.45. The molecule has 1 heterocycles. The van der Waals surface area contributed by atoms with Crippen molar-refractivity contribution in [2.75, 3.05) is 5.75 Å². The molecule has 0 fully saturated rings. The second kappa shape index (κ2) is 6.56. The minimum absolute atomic E-state index is 0.0221. The maximum atomic E-state index is 11.7. The summed E-state index contributed by atoms with van der Waals surface area (Å²) in [5.74, 6) is 0.526. The van der Waals surface area contributed by atoms with Gasteiger partial charge in [0, 0.05) is 11.2 Å². The fourth-order valence-corrected chi connectivity index (χ4v) is 1.93. The van der Waals surface area contributed by atoms with E-state index in [-0.39, 0.29) is 6.10 Å². The van der Waals surface area contributed by atoms with Gasteiger partial charge in [0.2, 0.25) is 0 Å². The van der Waals surface area contributed by atoms with Crippen LogP contribution in [0.3, 0.4) is 0 Å². The molecule has 1 rings (SSSR count). The van der Waals surface area contributed by atoms with Crippen molar-refractivity contribution in [3.8, 4) is 0 Å². The number of aromatic nitrogens is 2. The number of hydrogen-bond acceptors (Lipinski definition) is 5. The average molecular weight is 255 g/mol. The highest BCUT2D eigenvalue weighted by Crippen LogP contribution is 2.11. The minimum Gasteiger partial charge on any atom is -0.610 e. The van der Waals surface area contributed by atoms with E-state index in [2.05, 4.69) is 15.1 Å². The van der Waals surface area contributed by atoms with Gasteiger partial charge in [-0.3, -0.25) is 4.98 Å². The third kappa shape index (κ3) is 4.32. The number of rotatable bonds is 5. The highest BCUT2D eigenvalue weighted by atomic mass is 32.2. The Morgan fingerprint density at radius 1 is 1.59 bits per heavy atom. The van der Waals surface area contributed by atoms with Crippen molar-refractivity contribution in [1.82, 2.24) is 9.97 Å². The minimum atomic E-state index is -1.10. The molecule has 1 atom stereocenters. The molecule has 1 unspecified atom stereocenters. The molecule has 0 amide bonds. The molecule has 0 saturated heterocycles. The number of oxime groups is 1. The summed E-state index contributed by atoms with van der Waals surface area (Å²) in [7, 11) is 0. The van der Waals surface area contributed by atoms with Gasteiger partial charge in [0.1, 0.15) is 23.2 Å². The summed E-state index contributed by atoms with van der Waals surface area (Å²) < 4.78 is 11.7. The first-order chi connectivity index (χ1) is 8.04. The Labute approximate surface area is 104 Å². The van der Waals surface area contributed by atoms with Crippen LogP contribution in [-0.4, -0.2) is 32.6 Å². The van der Waals surface area contributed by atoms with Crippen LogP contribution < -0.4 is 0 Å². The van der Waals surface area contributed by atoms with Crippen LogP contribution in [0.4, 0.5) is 0 Å². The van der Waals surface area contributed by atoms with Gasteiger partial charge in [-0.1, -0.05) is 5.16 Å². The molecule has 0 aromatic carbocycles. The molecule has 1 aromatic rings. The van der Waals surface area contributed by atoms with Gasteiger partial charge in [0.05, 0.1) is 12.4 Å². The van der Waals surface area contributed by atoms with Crippen LogP contribution in [0.25, 0.3) is 0 Å². The Bertz CT molecular complexity index is 396. The fourth-order valence-electron chi connectivity index (χ4n) is 1.07. The smallest absolute Gasteiger partial charge is 0.266 e. The monoisotopic (exact) mass is 255 g/mol. The largest absolute Gasteiger partial charge is 0.610 e. The van der Waals surface area contributed by atoms with Crippen LogP contribution in [0.1, 0.15) is 32.2 Å². The average Bonchev–Trinajstić information content (AvgIpc) is 2.30. The van der Waals surface area contributed by atoms with Crippen LogP contribution >= 0.6 is 0 Å². The maximum absolute atomic E-state index is 11.7. The third-order valence-electron chi connectivity index (χ3n) is 1.87. The Morgan fingerprint density at radius 3 is 2.88 bits per heavy atom. The van der Waals surface area contributed by atoms with Gasteiger partial charge in [-0.05, 0) is 27.7 Å². The van der Waals surface area contributed by atoms with Gasteiger partial charge in [0.25, 0.3) is 5.03 Å². The number of aryl methyl sites for hydroxylation is 1. The lowest BCUT2D eigenvalue weighted by atomic mass is 10.4. The van der Waals surface area contributed by atoms with E-state index in [0.29, 0.717) is 22.2 Å². The number of nitrogens with zero attached hydrogens (tertiary/aromatic N) is 3. The van der Waals surface area contributed by atoms with Crippen molar-refractivity contribution in [2.24, 2.45) is 5.16 Å². The zero-order chi connectivity index (χ0) is 12.8. The lowest BCUT2D eigenvalue weighted by Gasteiger charge is -2.08. The highest BCUT2D eigenvalue weighted by Gasteiger charge is 2.15. The summed E-state index contributed by atoms with van der Waals surface area (Å²) >= 11 is -1.10. The van der Waals surface area contributed by atoms with Crippen molar-refractivity contribution in [1.29, 1.82) is 0 Å². The maximum Gasteiger partial charge on any atom is 0.266 e. The number of hydrogen-bond donors (Lipinski definition) is 0. The highest BCUT2D eigenvalue weighted by molar-refractivity contribution is 7.91. The topological polar surface area (TPSA) is 70.4 Å². The van der Waals surface area contributed by atoms with Crippen LogP contribution in [0.15, 0.2) is 16.4 Å². The fraction of sp³-hybridized carbons (Fsp3) is 0.545. The molecule has 6 heteroatoms. The molecule has 94 valence electrons. The standard InChI is InChI=1S/C11H17N3O2S/c1-5-17(15)11-9(4)12-6-10(14-11)7-13-16-8(2)3/h6-8H,5H2,1-4H3/b13-7+. The summed E-state index contributed by atoms with van der Waals surface area (Å²) in [4.78, 5) is 13.4. The van der Waals surface area contributed by atoms with Crippen LogP contribution in [0, 0.1) is 6.92 Å². The van der Waals surface area contributed by atoms with Gasteiger partial charge in [-0.2, -0.15) is 4.98 Å². The van der Waals surface area contributed by atoms with E-state index in [9.17, 15) is 4.55 Å². The molecule has 5 nitrogen and oxygen atoms in total. The lowest BCUT2D eigenvalue weighted by Crippen LogP contribution is -2.11. The predicted octanol–water partition coefficient (Wildman–Crippen LogP) is 1.67. The Kier molecular flexibility index (Phi) is 5.37. The Morgan fingerprint density at radius 2 is 2.29 bits per heavy atom. The van der Waals surface area contributed by atoms with Gasteiger partial charge in [-0.25, -0.2) is 0 Å². The van der Waals surface area contributed by atoms with Crippen molar-refractivity contribution < 1.29 is 9.39 Å². The van der Waals surface area contributed by atoms with Gasteiger partial charge >= 0.3 is 0 Å². The normalized spacial score (nSPS) is 13.3. The van der Waals surface area contributed by atoms with Crippen LogP contribution in [0.5, 0.6) is 0 Å². The molecule has 1 aromatic heterocycles. The summed E-state index contributed by atoms with van der Waals surface area (Å²) in [6, 6.07) is 0. The first kappa shape index (κ1) is 13.9. The molecule has 0 radical (unpaired) electrons. The van der Waals surface area contributed by atoms with E-state index in [1.165, 1.54) is 6.21 Å². The van der Waals surface area contributed by atoms with Gasteiger partial charge in [0.15, 0.2) is 0 Å². The summed E-state index contributed by atoms with van der Waals surface area (Å²) in [5, 5.41) is 4.29. The Balaban J connectivity index is 2.85. The van der Waals surface area contributed by atoms with E-state index < -0.39 is 11.2 Å².